The van der Waals surface area contributed by atoms with Crippen LogP contribution in [0.15, 0.2) is 12.7 Å². The number of hydrogen-bond donors (Lipinski definition) is 0. The van der Waals surface area contributed by atoms with Crippen molar-refractivity contribution in [2.75, 3.05) is 40.0 Å². The number of carbonyl (C=O) groups is 1. The van der Waals surface area contributed by atoms with E-state index in [4.69, 9.17) is 9.47 Å². The maximum atomic E-state index is 11.5. The summed E-state index contributed by atoms with van der Waals surface area (Å²) in [7, 11) is 1.61. The van der Waals surface area contributed by atoms with Crippen LogP contribution in [0.5, 0.6) is 0 Å². The Labute approximate surface area is 85.5 Å². The lowest BCUT2D eigenvalue weighted by molar-refractivity contribution is -0.136. The molecule has 0 atom stereocenters. The van der Waals surface area contributed by atoms with Crippen molar-refractivity contribution in [3.05, 3.63) is 12.7 Å². The van der Waals surface area contributed by atoms with Crippen molar-refractivity contribution in [2.45, 2.75) is 6.92 Å². The maximum absolute atomic E-state index is 11.5. The Morgan fingerprint density at radius 2 is 2.29 bits per heavy atom. The fourth-order valence-electron chi connectivity index (χ4n) is 0.956. The zero-order valence-electron chi connectivity index (χ0n) is 8.99. The summed E-state index contributed by atoms with van der Waals surface area (Å²) in [5.41, 5.74) is 0. The standard InChI is InChI=1S/C10H19NO3/c1-4-6-11(7-8-13-3)10(12)9-14-5-2/h4H,1,5-9H2,2-3H3. The molecule has 0 heterocycles. The van der Waals surface area contributed by atoms with E-state index in [-0.39, 0.29) is 12.5 Å². The first-order chi connectivity index (χ1) is 6.76. The highest BCUT2D eigenvalue weighted by Crippen LogP contribution is 1.92. The fraction of sp³-hybridized carbons (Fsp3) is 0.700. The summed E-state index contributed by atoms with van der Waals surface area (Å²) in [5, 5.41) is 0. The van der Waals surface area contributed by atoms with E-state index in [9.17, 15) is 4.79 Å². The van der Waals surface area contributed by atoms with Gasteiger partial charge in [-0.1, -0.05) is 6.08 Å². The minimum absolute atomic E-state index is 0.0243. The average molecular weight is 201 g/mol. The van der Waals surface area contributed by atoms with Crippen LogP contribution in [0.25, 0.3) is 0 Å². The Morgan fingerprint density at radius 1 is 1.57 bits per heavy atom. The number of carbonyl (C=O) groups excluding carboxylic acids is 1. The van der Waals surface area contributed by atoms with Gasteiger partial charge in [-0.3, -0.25) is 4.79 Å². The molecule has 0 saturated heterocycles. The highest BCUT2D eigenvalue weighted by Gasteiger charge is 2.10. The quantitative estimate of drug-likeness (QED) is 0.542. The van der Waals surface area contributed by atoms with Crippen LogP contribution in [0.1, 0.15) is 6.92 Å². The van der Waals surface area contributed by atoms with Crippen molar-refractivity contribution >= 4 is 5.91 Å². The molecule has 0 aromatic rings. The predicted octanol–water partition coefficient (Wildman–Crippen LogP) is 0.684. The number of rotatable bonds is 8. The Kier molecular flexibility index (Phi) is 8.17. The molecule has 1 amide bonds. The van der Waals surface area contributed by atoms with Crippen molar-refractivity contribution in [2.24, 2.45) is 0 Å². The second-order valence-corrected chi connectivity index (χ2v) is 2.76. The largest absolute Gasteiger partial charge is 0.383 e. The van der Waals surface area contributed by atoms with E-state index in [2.05, 4.69) is 6.58 Å². The van der Waals surface area contributed by atoms with Gasteiger partial charge in [0, 0.05) is 26.8 Å². The lowest BCUT2D eigenvalue weighted by atomic mass is 10.4. The fourth-order valence-corrected chi connectivity index (χ4v) is 0.956. The molecule has 0 aliphatic heterocycles. The van der Waals surface area contributed by atoms with Gasteiger partial charge in [-0.05, 0) is 6.92 Å². The summed E-state index contributed by atoms with van der Waals surface area (Å²) in [5.74, 6) is -0.0243. The third-order valence-electron chi connectivity index (χ3n) is 1.70. The van der Waals surface area contributed by atoms with Crippen molar-refractivity contribution < 1.29 is 14.3 Å². The van der Waals surface area contributed by atoms with Crippen LogP contribution in [0.2, 0.25) is 0 Å². The van der Waals surface area contributed by atoms with Crippen molar-refractivity contribution in [1.82, 2.24) is 4.90 Å². The molecule has 0 spiro atoms. The summed E-state index contributed by atoms with van der Waals surface area (Å²) < 4.78 is 9.94. The van der Waals surface area contributed by atoms with Gasteiger partial charge in [0.1, 0.15) is 6.61 Å². The second kappa shape index (κ2) is 8.72. The molecule has 0 fully saturated rings. The normalized spacial score (nSPS) is 9.86. The topological polar surface area (TPSA) is 38.8 Å². The number of hydrogen-bond acceptors (Lipinski definition) is 3. The summed E-state index contributed by atoms with van der Waals surface area (Å²) in [6, 6.07) is 0. The van der Waals surface area contributed by atoms with Gasteiger partial charge < -0.3 is 14.4 Å². The van der Waals surface area contributed by atoms with Crippen LogP contribution in [0, 0.1) is 0 Å². The molecule has 0 aliphatic carbocycles. The lowest BCUT2D eigenvalue weighted by Gasteiger charge is -2.20. The van der Waals surface area contributed by atoms with Crippen LogP contribution in [-0.4, -0.2) is 50.8 Å². The van der Waals surface area contributed by atoms with E-state index in [1.54, 1.807) is 18.1 Å². The molecule has 0 aliphatic rings. The van der Waals surface area contributed by atoms with E-state index in [1.807, 2.05) is 6.92 Å². The van der Waals surface area contributed by atoms with E-state index in [0.29, 0.717) is 26.3 Å². The van der Waals surface area contributed by atoms with E-state index >= 15 is 0 Å². The van der Waals surface area contributed by atoms with Gasteiger partial charge in [0.05, 0.1) is 6.61 Å². The minimum Gasteiger partial charge on any atom is -0.383 e. The number of ether oxygens (including phenoxy) is 2. The molecule has 14 heavy (non-hydrogen) atoms. The van der Waals surface area contributed by atoms with Gasteiger partial charge in [0.25, 0.3) is 0 Å². The minimum atomic E-state index is -0.0243. The van der Waals surface area contributed by atoms with Crippen molar-refractivity contribution in [3.8, 4) is 0 Å². The van der Waals surface area contributed by atoms with Gasteiger partial charge in [-0.2, -0.15) is 0 Å². The first kappa shape index (κ1) is 13.1. The number of nitrogens with zero attached hydrogens (tertiary/aromatic N) is 1. The molecule has 4 nitrogen and oxygen atoms in total. The SMILES string of the molecule is C=CCN(CCOC)C(=O)COCC. The lowest BCUT2D eigenvalue weighted by Crippen LogP contribution is -2.36. The van der Waals surface area contributed by atoms with Gasteiger partial charge in [-0.15, -0.1) is 6.58 Å². The van der Waals surface area contributed by atoms with Gasteiger partial charge >= 0.3 is 0 Å². The smallest absolute Gasteiger partial charge is 0.248 e. The third kappa shape index (κ3) is 5.72. The van der Waals surface area contributed by atoms with Crippen molar-refractivity contribution in [3.63, 3.8) is 0 Å². The summed E-state index contributed by atoms with van der Waals surface area (Å²) in [6.07, 6.45) is 1.69. The van der Waals surface area contributed by atoms with E-state index < -0.39 is 0 Å². The molecule has 0 radical (unpaired) electrons. The molecule has 0 bridgehead atoms. The van der Waals surface area contributed by atoms with Crippen LogP contribution in [0.4, 0.5) is 0 Å². The van der Waals surface area contributed by atoms with E-state index in [1.165, 1.54) is 0 Å². The molecular weight excluding hydrogens is 182 g/mol. The van der Waals surface area contributed by atoms with Crippen LogP contribution in [-0.2, 0) is 14.3 Å². The highest BCUT2D eigenvalue weighted by molar-refractivity contribution is 5.77. The van der Waals surface area contributed by atoms with Gasteiger partial charge in [0.2, 0.25) is 5.91 Å². The predicted molar refractivity (Wildman–Crippen MR) is 55.1 cm³/mol. The van der Waals surface area contributed by atoms with E-state index in [0.717, 1.165) is 0 Å². The molecule has 0 saturated carbocycles. The molecule has 0 aromatic heterocycles. The Balaban J connectivity index is 3.90. The Morgan fingerprint density at radius 3 is 2.79 bits per heavy atom. The molecule has 0 N–H and O–H groups in total. The summed E-state index contributed by atoms with van der Waals surface area (Å²) >= 11 is 0. The zero-order chi connectivity index (χ0) is 10.8. The molecule has 0 aromatic carbocycles. The van der Waals surface area contributed by atoms with Crippen LogP contribution in [0.3, 0.4) is 0 Å². The van der Waals surface area contributed by atoms with Crippen molar-refractivity contribution in [1.29, 1.82) is 0 Å². The maximum Gasteiger partial charge on any atom is 0.248 e. The molecule has 4 heteroatoms. The monoisotopic (exact) mass is 201 g/mol. The van der Waals surface area contributed by atoms with Crippen LogP contribution >= 0.6 is 0 Å². The Bertz CT molecular complexity index is 171. The number of methoxy groups -OCH3 is 1. The zero-order valence-corrected chi connectivity index (χ0v) is 8.99. The van der Waals surface area contributed by atoms with Gasteiger partial charge in [0.15, 0.2) is 0 Å². The highest BCUT2D eigenvalue weighted by atomic mass is 16.5. The molecule has 0 rings (SSSR count). The first-order valence-corrected chi connectivity index (χ1v) is 4.71. The molecule has 82 valence electrons. The molecule has 0 unspecified atom stereocenters. The average Bonchev–Trinajstić information content (AvgIpc) is 2.20. The van der Waals surface area contributed by atoms with Crippen LogP contribution < -0.4 is 0 Å². The molecular formula is C10H19NO3. The van der Waals surface area contributed by atoms with Gasteiger partial charge in [-0.25, -0.2) is 0 Å². The first-order valence-electron chi connectivity index (χ1n) is 4.71. The summed E-state index contributed by atoms with van der Waals surface area (Å²) in [6.45, 7) is 7.79. The second-order valence-electron chi connectivity index (χ2n) is 2.76. The number of amides is 1. The summed E-state index contributed by atoms with van der Waals surface area (Å²) in [4.78, 5) is 13.2. The third-order valence-corrected chi connectivity index (χ3v) is 1.70. The Hall–Kier alpha value is -0.870.